The van der Waals surface area contributed by atoms with Crippen molar-refractivity contribution < 1.29 is 64.8 Å². The van der Waals surface area contributed by atoms with E-state index in [9.17, 15) is 24.3 Å². The van der Waals surface area contributed by atoms with E-state index in [1.54, 1.807) is 0 Å². The molecule has 0 radical (unpaired) electrons. The number of benzene rings is 4. The van der Waals surface area contributed by atoms with Gasteiger partial charge in [-0.2, -0.15) is 26.3 Å². The molecule has 0 unspecified atom stereocenters. The Morgan fingerprint density at radius 3 is 1.46 bits per heavy atom. The number of terminal acetylenes is 2. The molecule has 10 nitrogen and oxygen atoms in total. The first-order valence-corrected chi connectivity index (χ1v) is 15.8. The van der Waals surface area contributed by atoms with Crippen LogP contribution in [0.25, 0.3) is 0 Å². The minimum Gasteiger partial charge on any atom is -0.493 e. The summed E-state index contributed by atoms with van der Waals surface area (Å²) < 4.78 is 108. The first-order valence-electron chi connectivity index (χ1n) is 15.8. The number of hydrogen-bond acceptors (Lipinski definition) is 8. The van der Waals surface area contributed by atoms with E-state index < -0.39 is 81.4 Å². The fourth-order valence-electron chi connectivity index (χ4n) is 6.50. The van der Waals surface area contributed by atoms with Crippen LogP contribution in [0.4, 0.5) is 37.7 Å². The summed E-state index contributed by atoms with van der Waals surface area (Å²) >= 11 is 0. The molecule has 0 fully saturated rings. The average Bonchev–Trinajstić information content (AvgIpc) is 3.54. The number of aliphatic hydroxyl groups is 1. The maximum atomic E-state index is 15.3. The number of nitrogens with zero attached hydrogens (tertiary/aromatic N) is 2. The molecule has 16 heteroatoms. The zero-order chi connectivity index (χ0) is 40.0. The summed E-state index contributed by atoms with van der Waals surface area (Å²) in [6.07, 6.45) is -1.90. The smallest absolute Gasteiger partial charge is 0.411 e. The minimum absolute atomic E-state index is 0. The molecule has 2 aliphatic rings. The number of hydrogen-bond donors (Lipinski definition) is 1. The molecular weight excluding hydrogens is 750 g/mol. The average molecular weight is 779 g/mol. The molecule has 0 aromatic heterocycles. The molecule has 0 aliphatic carbocycles. The maximum absolute atomic E-state index is 15.3. The number of rotatable bonds is 10. The molecule has 4 amide bonds. The Balaban J connectivity index is 0.00000600. The van der Waals surface area contributed by atoms with E-state index in [2.05, 4.69) is 11.8 Å². The summed E-state index contributed by atoms with van der Waals surface area (Å²) in [5.41, 5.74) is -10.5. The van der Waals surface area contributed by atoms with Gasteiger partial charge in [0.15, 0.2) is 11.5 Å². The van der Waals surface area contributed by atoms with Crippen molar-refractivity contribution in [3.05, 3.63) is 112 Å². The fourth-order valence-corrected chi connectivity index (χ4v) is 6.50. The zero-order valence-electron chi connectivity index (χ0n) is 28.2. The number of anilines is 2. The van der Waals surface area contributed by atoms with Crippen LogP contribution < -0.4 is 24.0 Å². The van der Waals surface area contributed by atoms with Crippen LogP contribution >= 0.6 is 0 Å². The molecule has 4 aromatic carbocycles. The molecule has 0 saturated carbocycles. The lowest BCUT2D eigenvalue weighted by Gasteiger charge is -2.38. The summed E-state index contributed by atoms with van der Waals surface area (Å²) in [6, 6.07) is 10.3. The monoisotopic (exact) mass is 778 g/mol. The van der Waals surface area contributed by atoms with Gasteiger partial charge in [0.05, 0.1) is 47.3 Å². The van der Waals surface area contributed by atoms with Crippen LogP contribution in [-0.4, -0.2) is 61.4 Å². The second kappa shape index (κ2) is 14.8. The van der Waals surface area contributed by atoms with E-state index in [1.807, 2.05) is 0 Å². The van der Waals surface area contributed by atoms with Crippen molar-refractivity contribution >= 4 is 35.0 Å². The van der Waals surface area contributed by atoms with E-state index in [-0.39, 0.29) is 54.8 Å². The van der Waals surface area contributed by atoms with Gasteiger partial charge in [0.2, 0.25) is 5.41 Å². The molecular formula is C40H28F6N2O8. The van der Waals surface area contributed by atoms with Crippen LogP contribution in [0.1, 0.15) is 65.5 Å². The van der Waals surface area contributed by atoms with Gasteiger partial charge in [-0.3, -0.25) is 19.2 Å². The Kier molecular flexibility index (Phi) is 10.7. The molecule has 0 bridgehead atoms. The first kappa shape index (κ1) is 40.4. The summed E-state index contributed by atoms with van der Waals surface area (Å²) in [7, 11) is 1.30. The number of amides is 4. The third-order valence-electron chi connectivity index (χ3n) is 9.00. The van der Waals surface area contributed by atoms with Crippen LogP contribution in [0.2, 0.25) is 0 Å². The van der Waals surface area contributed by atoms with Crippen molar-refractivity contribution in [1.82, 2.24) is 0 Å². The van der Waals surface area contributed by atoms with E-state index in [1.165, 1.54) is 37.4 Å². The van der Waals surface area contributed by atoms with Crippen molar-refractivity contribution in [2.75, 3.05) is 30.1 Å². The lowest BCUT2D eigenvalue weighted by atomic mass is 9.71. The quantitative estimate of drug-likeness (QED) is 0.105. The number of carbonyl (C=O) groups is 4. The second-order valence-corrected chi connectivity index (χ2v) is 11.9. The molecule has 56 heavy (non-hydrogen) atoms. The Morgan fingerprint density at radius 2 is 1.04 bits per heavy atom. The fraction of sp³-hybridized carbons (Fsp3) is 0.200. The largest absolute Gasteiger partial charge is 0.493 e. The zero-order valence-corrected chi connectivity index (χ0v) is 28.2. The number of halogens is 6. The normalized spacial score (nSPS) is 13.8. The van der Waals surface area contributed by atoms with Crippen molar-refractivity contribution in [2.24, 2.45) is 0 Å². The van der Waals surface area contributed by atoms with Crippen LogP contribution in [0.3, 0.4) is 0 Å². The van der Waals surface area contributed by atoms with Crippen molar-refractivity contribution in [3.8, 4) is 41.9 Å². The van der Waals surface area contributed by atoms with Gasteiger partial charge >= 0.3 is 12.4 Å². The highest BCUT2D eigenvalue weighted by atomic mass is 19.4. The highest BCUT2D eigenvalue weighted by Crippen LogP contribution is 2.57. The maximum Gasteiger partial charge on any atom is 0.411 e. The summed E-state index contributed by atoms with van der Waals surface area (Å²) in [4.78, 5) is 55.2. The van der Waals surface area contributed by atoms with Crippen molar-refractivity contribution in [1.29, 1.82) is 0 Å². The molecule has 0 atom stereocenters. The van der Waals surface area contributed by atoms with Gasteiger partial charge in [0.1, 0.15) is 19.0 Å². The minimum atomic E-state index is -6.17. The van der Waals surface area contributed by atoms with Crippen LogP contribution in [-0.2, 0) is 12.0 Å². The number of methoxy groups -OCH3 is 1. The van der Waals surface area contributed by atoms with E-state index >= 15 is 26.3 Å². The lowest BCUT2D eigenvalue weighted by molar-refractivity contribution is -0.288. The molecule has 2 heterocycles. The number of alkyl halides is 6. The van der Waals surface area contributed by atoms with E-state index in [0.717, 1.165) is 6.07 Å². The van der Waals surface area contributed by atoms with E-state index in [4.69, 9.17) is 27.1 Å². The Morgan fingerprint density at radius 1 is 0.607 bits per heavy atom. The van der Waals surface area contributed by atoms with Gasteiger partial charge in [-0.15, -0.1) is 12.8 Å². The molecule has 0 saturated heterocycles. The van der Waals surface area contributed by atoms with Gasteiger partial charge in [-0.05, 0) is 53.6 Å². The standard InChI is InChI=1S/C39H24F6N2O8.CH4/c1-4-14-54-31-18-24(9-6-21(31)20-48)46-33(49)26-11-7-22(16-28(26)35(46)51)37(38(40,41)42,39(43,44)45)23-8-12-27-29(17-23)36(52)47(34(27)50)25-10-13-30(53-3)32(19-25)55-15-5-2;/h1-2,6-13,16-19,48H,14-15,20H2,3H3;1H4. The molecule has 6 rings (SSSR count). The first-order chi connectivity index (χ1) is 26.0. The predicted octanol–water partition coefficient (Wildman–Crippen LogP) is 6.86. The summed E-state index contributed by atoms with van der Waals surface area (Å²) in [5.74, 6) is -0.0812. The number of fused-ring (bicyclic) bond motifs is 2. The molecule has 288 valence electrons. The number of aliphatic hydroxyl groups excluding tert-OH is 1. The van der Waals surface area contributed by atoms with E-state index in [0.29, 0.717) is 46.2 Å². The summed E-state index contributed by atoms with van der Waals surface area (Å²) in [6.45, 7) is -1.05. The predicted molar refractivity (Wildman–Crippen MR) is 189 cm³/mol. The van der Waals surface area contributed by atoms with Crippen LogP contribution in [0.15, 0.2) is 72.8 Å². The molecule has 4 aromatic rings. The SMILES string of the molecule is C.C#CCOc1cc(N2C(=O)c3ccc(C(c4ccc5c(c4)C(=O)N(c4ccc(OC)c(OCC#C)c4)C5=O)(C(F)(F)F)C(F)(F)F)cc3C2=O)ccc1CO. The van der Waals surface area contributed by atoms with Gasteiger partial charge in [-0.25, -0.2) is 9.80 Å². The number of ether oxygens (including phenoxy) is 3. The van der Waals surface area contributed by atoms with Crippen LogP contribution in [0.5, 0.6) is 17.2 Å². The van der Waals surface area contributed by atoms with Gasteiger partial charge < -0.3 is 19.3 Å². The Labute approximate surface area is 315 Å². The number of imide groups is 2. The highest BCUT2D eigenvalue weighted by molar-refractivity contribution is 6.35. The summed E-state index contributed by atoms with van der Waals surface area (Å²) in [5, 5.41) is 9.64. The van der Waals surface area contributed by atoms with Gasteiger partial charge in [-0.1, -0.05) is 37.5 Å². The second-order valence-electron chi connectivity index (χ2n) is 11.9. The third-order valence-corrected chi connectivity index (χ3v) is 9.00. The third kappa shape index (κ3) is 6.23. The Hall–Kier alpha value is -6.78. The van der Waals surface area contributed by atoms with Gasteiger partial charge in [0.25, 0.3) is 23.6 Å². The topological polar surface area (TPSA) is 123 Å². The van der Waals surface area contributed by atoms with Crippen molar-refractivity contribution in [2.45, 2.75) is 31.8 Å². The molecule has 2 aliphatic heterocycles. The van der Waals surface area contributed by atoms with Crippen LogP contribution in [0, 0.1) is 24.7 Å². The molecule has 1 N–H and O–H groups in total. The van der Waals surface area contributed by atoms with Crippen molar-refractivity contribution in [3.63, 3.8) is 0 Å². The lowest BCUT2D eigenvalue weighted by Crippen LogP contribution is -2.55. The Bertz CT molecular complexity index is 2210. The number of carbonyl (C=O) groups excluding carboxylic acids is 4. The molecule has 0 spiro atoms. The van der Waals surface area contributed by atoms with Gasteiger partial charge in [0, 0.05) is 17.7 Å². The highest BCUT2D eigenvalue weighted by Gasteiger charge is 2.73.